The first-order valence-electron chi connectivity index (χ1n) is 4.29. The molecule has 4 heteroatoms. The van der Waals surface area contributed by atoms with Crippen molar-refractivity contribution < 1.29 is 13.9 Å². The molecular formula is C10H12FNO2. The van der Waals surface area contributed by atoms with E-state index in [1.165, 1.54) is 0 Å². The highest BCUT2D eigenvalue weighted by molar-refractivity contribution is 5.84. The van der Waals surface area contributed by atoms with Crippen molar-refractivity contribution >= 4 is 11.8 Å². The third-order valence-corrected chi connectivity index (χ3v) is 1.61. The lowest BCUT2D eigenvalue weighted by Crippen LogP contribution is -2.14. The zero-order valence-corrected chi connectivity index (χ0v) is 7.92. The summed E-state index contributed by atoms with van der Waals surface area (Å²) in [5.41, 5.74) is 1.74. The fourth-order valence-corrected chi connectivity index (χ4v) is 0.922. The second kappa shape index (κ2) is 5.21. The Kier molecular flexibility index (Phi) is 3.91. The molecule has 0 aliphatic rings. The highest BCUT2D eigenvalue weighted by Gasteiger charge is 2.01. The molecule has 0 fully saturated rings. The van der Waals surface area contributed by atoms with E-state index in [1.807, 2.05) is 19.1 Å². The van der Waals surface area contributed by atoms with Crippen LogP contribution in [-0.4, -0.2) is 19.4 Å². The average Bonchev–Trinajstić information content (AvgIpc) is 2.18. The molecule has 0 aliphatic carbocycles. The van der Waals surface area contributed by atoms with Gasteiger partial charge in [-0.05, 0) is 19.1 Å². The Hall–Kier alpha value is -1.58. The van der Waals surface area contributed by atoms with Crippen LogP contribution in [0.2, 0.25) is 0 Å². The Bertz CT molecular complexity index is 297. The van der Waals surface area contributed by atoms with Gasteiger partial charge in [0.2, 0.25) is 0 Å². The van der Waals surface area contributed by atoms with E-state index in [4.69, 9.17) is 0 Å². The standard InChI is InChI=1S/C10H12FNO2/c1-8-2-4-9(5-3-8)12-10(13)14-7-6-11/h2-5H,6-7H2,1H3,(H,12,13). The minimum atomic E-state index is -0.665. The summed E-state index contributed by atoms with van der Waals surface area (Å²) in [6.07, 6.45) is -0.633. The van der Waals surface area contributed by atoms with Crippen molar-refractivity contribution in [3.63, 3.8) is 0 Å². The monoisotopic (exact) mass is 197 g/mol. The maximum Gasteiger partial charge on any atom is 0.411 e. The van der Waals surface area contributed by atoms with Crippen molar-refractivity contribution in [2.45, 2.75) is 6.92 Å². The van der Waals surface area contributed by atoms with Crippen molar-refractivity contribution in [1.82, 2.24) is 0 Å². The van der Waals surface area contributed by atoms with Gasteiger partial charge in [0.25, 0.3) is 0 Å². The molecule has 1 rings (SSSR count). The number of nitrogens with one attached hydrogen (secondary N) is 1. The number of carbonyl (C=O) groups is 1. The molecule has 0 atom stereocenters. The van der Waals surface area contributed by atoms with Gasteiger partial charge in [-0.1, -0.05) is 17.7 Å². The lowest BCUT2D eigenvalue weighted by atomic mass is 10.2. The normalized spacial score (nSPS) is 9.57. The number of benzene rings is 1. The van der Waals surface area contributed by atoms with Gasteiger partial charge in [0, 0.05) is 5.69 Å². The fourth-order valence-electron chi connectivity index (χ4n) is 0.922. The first kappa shape index (κ1) is 10.5. The number of halogens is 1. The molecule has 0 saturated carbocycles. The van der Waals surface area contributed by atoms with Crippen molar-refractivity contribution in [2.24, 2.45) is 0 Å². The van der Waals surface area contributed by atoms with Crippen LogP contribution < -0.4 is 5.32 Å². The van der Waals surface area contributed by atoms with Crippen LogP contribution in [0, 0.1) is 6.92 Å². The van der Waals surface area contributed by atoms with Gasteiger partial charge < -0.3 is 4.74 Å². The molecule has 1 amide bonds. The summed E-state index contributed by atoms with van der Waals surface area (Å²) in [5, 5.41) is 2.48. The summed E-state index contributed by atoms with van der Waals surface area (Å²) in [6.45, 7) is 1.07. The van der Waals surface area contributed by atoms with Crippen molar-refractivity contribution in [3.05, 3.63) is 29.8 Å². The van der Waals surface area contributed by atoms with Crippen LogP contribution in [0.3, 0.4) is 0 Å². The molecule has 0 unspecified atom stereocenters. The third kappa shape index (κ3) is 3.43. The molecule has 3 nitrogen and oxygen atoms in total. The van der Waals surface area contributed by atoms with E-state index in [0.717, 1.165) is 5.56 Å². The summed E-state index contributed by atoms with van der Waals surface area (Å²) in [6, 6.07) is 7.24. The van der Waals surface area contributed by atoms with Crippen molar-refractivity contribution in [2.75, 3.05) is 18.6 Å². The molecule has 0 saturated heterocycles. The first-order valence-corrected chi connectivity index (χ1v) is 4.29. The number of ether oxygens (including phenoxy) is 1. The summed E-state index contributed by atoms with van der Waals surface area (Å²) in [4.78, 5) is 11.0. The predicted octanol–water partition coefficient (Wildman–Crippen LogP) is 2.51. The van der Waals surface area contributed by atoms with Gasteiger partial charge in [-0.15, -0.1) is 0 Å². The molecule has 0 heterocycles. The number of carbonyl (C=O) groups excluding carboxylic acids is 1. The van der Waals surface area contributed by atoms with Gasteiger partial charge in [-0.2, -0.15) is 0 Å². The quantitative estimate of drug-likeness (QED) is 0.808. The molecule has 1 aromatic rings. The van der Waals surface area contributed by atoms with Gasteiger partial charge in [0.1, 0.15) is 13.3 Å². The van der Waals surface area contributed by atoms with E-state index >= 15 is 0 Å². The number of amides is 1. The Balaban J connectivity index is 2.44. The van der Waals surface area contributed by atoms with Crippen LogP contribution in [0.4, 0.5) is 14.9 Å². The molecule has 0 bridgehead atoms. The maximum atomic E-state index is 11.6. The number of hydrogen-bond acceptors (Lipinski definition) is 2. The van der Waals surface area contributed by atoms with Crippen LogP contribution >= 0.6 is 0 Å². The highest BCUT2D eigenvalue weighted by Crippen LogP contribution is 2.08. The van der Waals surface area contributed by atoms with Gasteiger partial charge in [-0.3, -0.25) is 5.32 Å². The zero-order chi connectivity index (χ0) is 10.4. The first-order chi connectivity index (χ1) is 6.72. The third-order valence-electron chi connectivity index (χ3n) is 1.61. The second-order valence-electron chi connectivity index (χ2n) is 2.82. The highest BCUT2D eigenvalue weighted by atomic mass is 19.1. The Labute approximate surface area is 81.9 Å². The smallest absolute Gasteiger partial charge is 0.411 e. The minimum absolute atomic E-state index is 0.211. The number of anilines is 1. The molecule has 1 N–H and O–H groups in total. The van der Waals surface area contributed by atoms with Gasteiger partial charge in [0.15, 0.2) is 0 Å². The Morgan fingerprint density at radius 3 is 2.64 bits per heavy atom. The lowest BCUT2D eigenvalue weighted by Gasteiger charge is -2.05. The number of aryl methyl sites for hydroxylation is 1. The van der Waals surface area contributed by atoms with Gasteiger partial charge >= 0.3 is 6.09 Å². The van der Waals surface area contributed by atoms with Crippen LogP contribution in [0.1, 0.15) is 5.56 Å². The molecular weight excluding hydrogens is 185 g/mol. The van der Waals surface area contributed by atoms with E-state index in [0.29, 0.717) is 5.69 Å². The topological polar surface area (TPSA) is 38.3 Å². The van der Waals surface area contributed by atoms with E-state index < -0.39 is 12.8 Å². The second-order valence-corrected chi connectivity index (χ2v) is 2.82. The van der Waals surface area contributed by atoms with E-state index in [2.05, 4.69) is 10.1 Å². The van der Waals surface area contributed by atoms with E-state index in [1.54, 1.807) is 12.1 Å². The van der Waals surface area contributed by atoms with Crippen LogP contribution in [0.5, 0.6) is 0 Å². The molecule has 76 valence electrons. The average molecular weight is 197 g/mol. The molecule has 14 heavy (non-hydrogen) atoms. The van der Waals surface area contributed by atoms with E-state index in [-0.39, 0.29) is 6.61 Å². The molecule has 1 aromatic carbocycles. The molecule has 0 aliphatic heterocycles. The summed E-state index contributed by atoms with van der Waals surface area (Å²) in [7, 11) is 0. The summed E-state index contributed by atoms with van der Waals surface area (Å²) >= 11 is 0. The molecule has 0 aromatic heterocycles. The molecule has 0 spiro atoms. The van der Waals surface area contributed by atoms with Crippen molar-refractivity contribution in [1.29, 1.82) is 0 Å². The Morgan fingerprint density at radius 1 is 1.43 bits per heavy atom. The predicted molar refractivity (Wildman–Crippen MR) is 52.1 cm³/mol. The number of hydrogen-bond donors (Lipinski definition) is 1. The van der Waals surface area contributed by atoms with Crippen LogP contribution in [0.25, 0.3) is 0 Å². The number of alkyl halides is 1. The SMILES string of the molecule is Cc1ccc(NC(=O)OCCF)cc1. The minimum Gasteiger partial charge on any atom is -0.447 e. The largest absolute Gasteiger partial charge is 0.447 e. The van der Waals surface area contributed by atoms with Gasteiger partial charge in [0.05, 0.1) is 0 Å². The zero-order valence-electron chi connectivity index (χ0n) is 7.92. The van der Waals surface area contributed by atoms with Crippen molar-refractivity contribution in [3.8, 4) is 0 Å². The summed E-state index contributed by atoms with van der Waals surface area (Å²) in [5.74, 6) is 0. The van der Waals surface area contributed by atoms with E-state index in [9.17, 15) is 9.18 Å². The van der Waals surface area contributed by atoms with Gasteiger partial charge in [-0.25, -0.2) is 9.18 Å². The lowest BCUT2D eigenvalue weighted by molar-refractivity contribution is 0.152. The summed E-state index contributed by atoms with van der Waals surface area (Å²) < 4.78 is 16.1. The fraction of sp³-hybridized carbons (Fsp3) is 0.300. The maximum absolute atomic E-state index is 11.6. The molecule has 0 radical (unpaired) electrons. The van der Waals surface area contributed by atoms with Crippen LogP contribution in [-0.2, 0) is 4.74 Å². The number of rotatable bonds is 3. The van der Waals surface area contributed by atoms with Crippen LogP contribution in [0.15, 0.2) is 24.3 Å². The Morgan fingerprint density at radius 2 is 2.07 bits per heavy atom.